The molecule has 1 aromatic rings. The van der Waals surface area contributed by atoms with Crippen molar-refractivity contribution in [3.8, 4) is 0 Å². The number of halogens is 1. The maximum atomic E-state index is 11.4. The summed E-state index contributed by atoms with van der Waals surface area (Å²) >= 11 is 3.41. The van der Waals surface area contributed by atoms with E-state index in [9.17, 15) is 4.79 Å². The van der Waals surface area contributed by atoms with Crippen molar-refractivity contribution in [3.05, 3.63) is 34.3 Å². The van der Waals surface area contributed by atoms with Crippen LogP contribution in [0.4, 0.5) is 0 Å². The van der Waals surface area contributed by atoms with Gasteiger partial charge < -0.3 is 4.74 Å². The summed E-state index contributed by atoms with van der Waals surface area (Å²) in [6.45, 7) is 0. The predicted octanol–water partition coefficient (Wildman–Crippen LogP) is 3.00. The van der Waals surface area contributed by atoms with Gasteiger partial charge in [-0.15, -0.1) is 0 Å². The van der Waals surface area contributed by atoms with Gasteiger partial charge in [-0.05, 0) is 30.5 Å². The van der Waals surface area contributed by atoms with E-state index in [-0.39, 0.29) is 17.5 Å². The number of esters is 1. The van der Waals surface area contributed by atoms with Gasteiger partial charge in [0, 0.05) is 10.9 Å². The number of benzene rings is 1. The molecule has 1 saturated heterocycles. The standard InChI is InChI=1S/C12H11BrO2/c13-10-3-1-9(2-4-10)12-6-5-8(7-12)11(14)15-12/h1-4,8H,5-7H2/t8-,12+/m0/s1. The second kappa shape index (κ2) is 3.08. The summed E-state index contributed by atoms with van der Waals surface area (Å²) in [5.41, 5.74) is 0.835. The molecule has 0 spiro atoms. The number of carbonyl (C=O) groups excluding carboxylic acids is 1. The van der Waals surface area contributed by atoms with E-state index in [0.717, 1.165) is 29.3 Å². The van der Waals surface area contributed by atoms with Crippen molar-refractivity contribution >= 4 is 21.9 Å². The number of ether oxygens (including phenoxy) is 1. The average molecular weight is 267 g/mol. The number of hydrogen-bond acceptors (Lipinski definition) is 2. The molecule has 0 unspecified atom stereocenters. The van der Waals surface area contributed by atoms with Crippen LogP contribution >= 0.6 is 15.9 Å². The maximum absolute atomic E-state index is 11.4. The summed E-state index contributed by atoms with van der Waals surface area (Å²) in [7, 11) is 0. The highest BCUT2D eigenvalue weighted by Crippen LogP contribution is 2.51. The van der Waals surface area contributed by atoms with Gasteiger partial charge in [0.25, 0.3) is 0 Å². The molecule has 1 aliphatic carbocycles. The van der Waals surface area contributed by atoms with Crippen LogP contribution in [-0.2, 0) is 15.1 Å². The zero-order valence-electron chi connectivity index (χ0n) is 8.20. The van der Waals surface area contributed by atoms with Gasteiger partial charge in [-0.3, -0.25) is 4.79 Å². The number of hydrogen-bond donors (Lipinski definition) is 0. The first-order valence-electron chi connectivity index (χ1n) is 5.19. The highest BCUT2D eigenvalue weighted by molar-refractivity contribution is 9.10. The second-order valence-electron chi connectivity index (χ2n) is 4.36. The molecule has 2 aliphatic rings. The van der Waals surface area contributed by atoms with Gasteiger partial charge in [0.05, 0.1) is 5.92 Å². The first-order chi connectivity index (χ1) is 7.20. The van der Waals surface area contributed by atoms with Crippen LogP contribution < -0.4 is 0 Å². The Kier molecular flexibility index (Phi) is 1.93. The number of fused-ring (bicyclic) bond motifs is 2. The Hall–Kier alpha value is -0.830. The lowest BCUT2D eigenvalue weighted by molar-refractivity contribution is -0.156. The summed E-state index contributed by atoms with van der Waals surface area (Å²) < 4.78 is 6.58. The van der Waals surface area contributed by atoms with E-state index in [0.29, 0.717) is 0 Å². The van der Waals surface area contributed by atoms with E-state index in [4.69, 9.17) is 4.74 Å². The van der Waals surface area contributed by atoms with Crippen molar-refractivity contribution in [2.24, 2.45) is 5.92 Å². The van der Waals surface area contributed by atoms with Crippen LogP contribution in [-0.4, -0.2) is 5.97 Å². The molecule has 15 heavy (non-hydrogen) atoms. The van der Waals surface area contributed by atoms with Gasteiger partial charge in [-0.2, -0.15) is 0 Å². The third-order valence-electron chi connectivity index (χ3n) is 3.47. The SMILES string of the molecule is O=C1O[C@]2(c3ccc(Br)cc3)CC[C@H]1C2. The fourth-order valence-corrected chi connectivity index (χ4v) is 2.92. The Morgan fingerprint density at radius 1 is 1.33 bits per heavy atom. The van der Waals surface area contributed by atoms with Crippen molar-refractivity contribution in [2.75, 3.05) is 0 Å². The van der Waals surface area contributed by atoms with E-state index in [1.54, 1.807) is 0 Å². The highest BCUT2D eigenvalue weighted by atomic mass is 79.9. The molecule has 3 rings (SSSR count). The average Bonchev–Trinajstić information content (AvgIpc) is 2.76. The Morgan fingerprint density at radius 3 is 2.60 bits per heavy atom. The van der Waals surface area contributed by atoms with Crippen LogP contribution in [0.1, 0.15) is 24.8 Å². The Morgan fingerprint density at radius 2 is 2.07 bits per heavy atom. The summed E-state index contributed by atoms with van der Waals surface area (Å²) in [5, 5.41) is 0. The molecule has 2 fully saturated rings. The maximum Gasteiger partial charge on any atom is 0.309 e. The van der Waals surface area contributed by atoms with Crippen LogP contribution in [0.2, 0.25) is 0 Å². The molecule has 1 saturated carbocycles. The van der Waals surface area contributed by atoms with E-state index in [1.807, 2.05) is 24.3 Å². The molecule has 0 radical (unpaired) electrons. The lowest BCUT2D eigenvalue weighted by Gasteiger charge is -2.26. The summed E-state index contributed by atoms with van der Waals surface area (Å²) in [6.07, 6.45) is 2.83. The van der Waals surface area contributed by atoms with Crippen molar-refractivity contribution in [1.82, 2.24) is 0 Å². The van der Waals surface area contributed by atoms with E-state index in [2.05, 4.69) is 15.9 Å². The van der Waals surface area contributed by atoms with E-state index < -0.39 is 0 Å². The topological polar surface area (TPSA) is 26.3 Å². The molecule has 78 valence electrons. The van der Waals surface area contributed by atoms with E-state index in [1.165, 1.54) is 0 Å². The molecule has 0 N–H and O–H groups in total. The lowest BCUT2D eigenvalue weighted by atomic mass is 9.92. The summed E-state index contributed by atoms with van der Waals surface area (Å²) in [6, 6.07) is 8.10. The first kappa shape index (κ1) is 9.40. The third kappa shape index (κ3) is 1.33. The Balaban J connectivity index is 2.00. The Labute approximate surface area is 96.8 Å². The summed E-state index contributed by atoms with van der Waals surface area (Å²) in [5.74, 6) is 0.137. The van der Waals surface area contributed by atoms with Gasteiger partial charge >= 0.3 is 5.97 Å². The van der Waals surface area contributed by atoms with Crippen molar-refractivity contribution < 1.29 is 9.53 Å². The number of carbonyl (C=O) groups is 1. The molecule has 2 bridgehead atoms. The second-order valence-corrected chi connectivity index (χ2v) is 5.28. The van der Waals surface area contributed by atoms with Gasteiger partial charge in [0.2, 0.25) is 0 Å². The summed E-state index contributed by atoms with van der Waals surface area (Å²) in [4.78, 5) is 11.4. The molecule has 1 aromatic carbocycles. The van der Waals surface area contributed by atoms with Crippen LogP contribution in [0.15, 0.2) is 28.7 Å². The normalized spacial score (nSPS) is 33.1. The molecular formula is C12H11BrO2. The van der Waals surface area contributed by atoms with Crippen molar-refractivity contribution in [1.29, 1.82) is 0 Å². The van der Waals surface area contributed by atoms with Crippen LogP contribution in [0, 0.1) is 5.92 Å². The fourth-order valence-electron chi connectivity index (χ4n) is 2.65. The molecule has 2 atom stereocenters. The lowest BCUT2D eigenvalue weighted by Crippen LogP contribution is -2.25. The molecule has 0 amide bonds. The van der Waals surface area contributed by atoms with Gasteiger partial charge in [-0.25, -0.2) is 0 Å². The minimum Gasteiger partial charge on any atom is -0.454 e. The van der Waals surface area contributed by atoms with Crippen LogP contribution in [0.25, 0.3) is 0 Å². The van der Waals surface area contributed by atoms with Crippen molar-refractivity contribution in [2.45, 2.75) is 24.9 Å². The molecular weight excluding hydrogens is 256 g/mol. The van der Waals surface area contributed by atoms with E-state index >= 15 is 0 Å². The molecule has 3 heteroatoms. The minimum absolute atomic E-state index is 0.0100. The smallest absolute Gasteiger partial charge is 0.309 e. The molecule has 1 aliphatic heterocycles. The first-order valence-corrected chi connectivity index (χ1v) is 5.98. The fraction of sp³-hybridized carbons (Fsp3) is 0.417. The van der Waals surface area contributed by atoms with Crippen LogP contribution in [0.3, 0.4) is 0 Å². The highest BCUT2D eigenvalue weighted by Gasteiger charge is 2.53. The quantitative estimate of drug-likeness (QED) is 0.731. The number of rotatable bonds is 1. The largest absolute Gasteiger partial charge is 0.454 e. The monoisotopic (exact) mass is 266 g/mol. The van der Waals surface area contributed by atoms with Gasteiger partial charge in [0.1, 0.15) is 5.60 Å². The zero-order chi connectivity index (χ0) is 10.5. The predicted molar refractivity (Wildman–Crippen MR) is 59.3 cm³/mol. The van der Waals surface area contributed by atoms with Crippen LogP contribution in [0.5, 0.6) is 0 Å². The molecule has 2 nitrogen and oxygen atoms in total. The molecule has 0 aromatic heterocycles. The Bertz CT molecular complexity index is 412. The van der Waals surface area contributed by atoms with Crippen molar-refractivity contribution in [3.63, 3.8) is 0 Å². The van der Waals surface area contributed by atoms with Gasteiger partial charge in [-0.1, -0.05) is 28.1 Å². The van der Waals surface area contributed by atoms with Gasteiger partial charge in [0.15, 0.2) is 0 Å². The molecule has 1 heterocycles. The minimum atomic E-state index is -0.303. The third-order valence-corrected chi connectivity index (χ3v) is 4.00. The zero-order valence-corrected chi connectivity index (χ0v) is 9.79.